The summed E-state index contributed by atoms with van der Waals surface area (Å²) < 4.78 is 12.5. The highest BCUT2D eigenvalue weighted by Crippen LogP contribution is 2.42. The zero-order valence-electron chi connectivity index (χ0n) is 20.0. The number of halogens is 1. The molecule has 30 heavy (non-hydrogen) atoms. The summed E-state index contributed by atoms with van der Waals surface area (Å²) in [5.41, 5.74) is 1.88. The van der Waals surface area contributed by atoms with E-state index < -0.39 is 23.7 Å². The minimum Gasteiger partial charge on any atom is -0.758 e. The molecule has 0 bridgehead atoms. The van der Waals surface area contributed by atoms with Gasteiger partial charge in [0.1, 0.15) is 0 Å². The van der Waals surface area contributed by atoms with Gasteiger partial charge in [-0.05, 0) is 82.7 Å². The summed E-state index contributed by atoms with van der Waals surface area (Å²) in [6.07, 6.45) is 0.857. The number of hydrogen-bond donors (Lipinski definition) is 0. The Labute approximate surface area is 190 Å². The van der Waals surface area contributed by atoms with Gasteiger partial charge in [-0.2, -0.15) is 0 Å². The van der Waals surface area contributed by atoms with Gasteiger partial charge in [0.05, 0.1) is 21.9 Å². The number of nitrogens with zero attached hydrogens (tertiary/aromatic N) is 2. The molecule has 2 heterocycles. The van der Waals surface area contributed by atoms with Gasteiger partial charge in [0, 0.05) is 30.4 Å². The molecular weight excluding hydrogens is 448 g/mol. The van der Waals surface area contributed by atoms with Crippen LogP contribution in [-0.2, 0) is 14.3 Å². The molecule has 7 heteroatoms. The van der Waals surface area contributed by atoms with Crippen LogP contribution in [0.15, 0.2) is 21.4 Å². The second-order valence-corrected chi connectivity index (χ2v) is 11.2. The summed E-state index contributed by atoms with van der Waals surface area (Å²) in [5.74, 6) is -0.454. The van der Waals surface area contributed by atoms with Crippen LogP contribution in [0, 0.1) is 10.6 Å². The molecule has 2 aliphatic rings. The lowest BCUT2D eigenvalue weighted by Crippen LogP contribution is -2.48. The molecule has 2 aliphatic heterocycles. The number of carbonyl (C=O) groups excluding carboxylic acids is 1. The largest absolute Gasteiger partial charge is 0.758 e. The first-order valence-corrected chi connectivity index (χ1v) is 11.6. The normalized spacial score (nSPS) is 23.9. The van der Waals surface area contributed by atoms with Gasteiger partial charge in [-0.3, -0.25) is 0 Å². The lowest BCUT2D eigenvalue weighted by atomic mass is 9.82. The van der Waals surface area contributed by atoms with E-state index in [9.17, 15) is 10.0 Å². The number of ether oxygens (including phenoxy) is 2. The van der Waals surface area contributed by atoms with E-state index in [1.165, 1.54) is 0 Å². The fourth-order valence-corrected chi connectivity index (χ4v) is 4.55. The Bertz CT molecular complexity index is 711. The van der Waals surface area contributed by atoms with Gasteiger partial charge in [0.25, 0.3) is 0 Å². The van der Waals surface area contributed by atoms with Crippen molar-refractivity contribution in [1.82, 2.24) is 9.96 Å². The number of piperidine rings is 1. The summed E-state index contributed by atoms with van der Waals surface area (Å²) in [6.45, 7) is 19.3. The van der Waals surface area contributed by atoms with Crippen molar-refractivity contribution < 1.29 is 14.3 Å². The van der Waals surface area contributed by atoms with Crippen LogP contribution in [0.1, 0.15) is 75.2 Å². The third-order valence-corrected chi connectivity index (χ3v) is 6.63. The van der Waals surface area contributed by atoms with E-state index in [1.807, 2.05) is 48.5 Å². The number of likely N-dealkylation sites (tertiary alicyclic amines) is 1. The molecule has 0 N–H and O–H groups in total. The van der Waals surface area contributed by atoms with Crippen molar-refractivity contribution >= 4 is 21.9 Å². The van der Waals surface area contributed by atoms with Gasteiger partial charge in [-0.15, -0.1) is 0 Å². The Morgan fingerprint density at radius 3 is 2.23 bits per heavy atom. The Morgan fingerprint density at radius 1 is 1.23 bits per heavy atom. The van der Waals surface area contributed by atoms with E-state index in [4.69, 9.17) is 9.47 Å². The van der Waals surface area contributed by atoms with E-state index in [0.29, 0.717) is 11.3 Å². The third-order valence-electron chi connectivity index (χ3n) is 5.68. The predicted octanol–water partition coefficient (Wildman–Crippen LogP) is 5.33. The van der Waals surface area contributed by atoms with Crippen molar-refractivity contribution in [2.75, 3.05) is 13.1 Å². The topological polar surface area (TPSA) is 65.1 Å². The predicted molar refractivity (Wildman–Crippen MR) is 124 cm³/mol. The first-order chi connectivity index (χ1) is 13.6. The number of esters is 1. The third kappa shape index (κ3) is 5.80. The molecule has 2 atom stereocenters. The highest BCUT2D eigenvalue weighted by Gasteiger charge is 2.41. The van der Waals surface area contributed by atoms with Crippen LogP contribution < -0.4 is 0 Å². The van der Waals surface area contributed by atoms with E-state index in [-0.39, 0.29) is 11.5 Å². The Kier molecular flexibility index (Phi) is 7.74. The second kappa shape index (κ2) is 9.21. The molecule has 0 saturated carbocycles. The van der Waals surface area contributed by atoms with Crippen molar-refractivity contribution in [3.05, 3.63) is 26.7 Å². The average molecular weight is 486 g/mol. The molecule has 2 rings (SSSR count). The van der Waals surface area contributed by atoms with E-state index in [2.05, 4.69) is 34.7 Å². The van der Waals surface area contributed by atoms with Gasteiger partial charge >= 0.3 is 5.97 Å². The molecule has 0 amide bonds. The Hall–Kier alpha value is -1.05. The van der Waals surface area contributed by atoms with Gasteiger partial charge < -0.3 is 24.6 Å². The summed E-state index contributed by atoms with van der Waals surface area (Å²) >= 11 is 3.67. The molecule has 6 nitrogen and oxygen atoms in total. The monoisotopic (exact) mass is 485 g/mol. The lowest BCUT2D eigenvalue weighted by molar-refractivity contribution is -0.167. The van der Waals surface area contributed by atoms with Crippen molar-refractivity contribution in [2.45, 2.75) is 99.0 Å². The van der Waals surface area contributed by atoms with Gasteiger partial charge in [0.15, 0.2) is 6.10 Å². The van der Waals surface area contributed by atoms with E-state index >= 15 is 0 Å². The van der Waals surface area contributed by atoms with Crippen LogP contribution >= 0.6 is 15.9 Å². The number of hydroxylamine groups is 2. The van der Waals surface area contributed by atoms with Gasteiger partial charge in [0.2, 0.25) is 0 Å². The first kappa shape index (κ1) is 25.2. The zero-order chi connectivity index (χ0) is 23.0. The minimum absolute atomic E-state index is 0.272. The van der Waals surface area contributed by atoms with Crippen LogP contribution in [0.4, 0.5) is 0 Å². The number of allylic oxidation sites excluding steroid dienone is 2. The molecule has 172 valence electrons. The molecule has 0 aliphatic carbocycles. The van der Waals surface area contributed by atoms with Crippen molar-refractivity contribution in [3.8, 4) is 0 Å². The fraction of sp³-hybridized carbons (Fsp3) is 0.783. The number of carbonyl (C=O) groups is 1. The molecule has 0 aromatic rings. The molecule has 0 aromatic heterocycles. The summed E-state index contributed by atoms with van der Waals surface area (Å²) in [5, 5.41) is 13.9. The fourth-order valence-electron chi connectivity index (χ4n) is 3.90. The summed E-state index contributed by atoms with van der Waals surface area (Å²) in [7, 11) is 0. The maximum absolute atomic E-state index is 13.2. The smallest absolute Gasteiger partial charge is 0.340 e. The SMILES string of the molecule is CC1=C(Br)C(N2CCC(C)(C)CC2)=C([C@H](OC(C)(C)C)C(=O)OC(C)C)C(C)N1[O-]. The van der Waals surface area contributed by atoms with Crippen LogP contribution in [-0.4, -0.2) is 52.9 Å². The molecule has 1 unspecified atom stereocenters. The van der Waals surface area contributed by atoms with Gasteiger partial charge in [-0.1, -0.05) is 13.8 Å². The maximum atomic E-state index is 13.2. The Morgan fingerprint density at radius 2 is 1.77 bits per heavy atom. The molecule has 0 aromatic carbocycles. The molecule has 0 radical (unpaired) electrons. The average Bonchev–Trinajstić information content (AvgIpc) is 2.60. The molecule has 1 fully saturated rings. The van der Waals surface area contributed by atoms with Crippen LogP contribution in [0.25, 0.3) is 0 Å². The van der Waals surface area contributed by atoms with Gasteiger partial charge in [-0.25, -0.2) is 4.79 Å². The van der Waals surface area contributed by atoms with Crippen LogP contribution in [0.2, 0.25) is 0 Å². The second-order valence-electron chi connectivity index (χ2n) is 10.5. The Balaban J connectivity index is 2.62. The first-order valence-electron chi connectivity index (χ1n) is 10.8. The van der Waals surface area contributed by atoms with E-state index in [0.717, 1.165) is 41.2 Å². The number of hydrogen-bond acceptors (Lipinski definition) is 6. The lowest BCUT2D eigenvalue weighted by Gasteiger charge is -2.49. The van der Waals surface area contributed by atoms with Crippen LogP contribution in [0.3, 0.4) is 0 Å². The van der Waals surface area contributed by atoms with E-state index in [1.54, 1.807) is 0 Å². The molecule has 0 spiro atoms. The highest BCUT2D eigenvalue weighted by molar-refractivity contribution is 9.12. The summed E-state index contributed by atoms with van der Waals surface area (Å²) in [4.78, 5) is 15.4. The van der Waals surface area contributed by atoms with Crippen molar-refractivity contribution in [2.24, 2.45) is 5.41 Å². The maximum Gasteiger partial charge on any atom is 0.340 e. The minimum atomic E-state index is -0.954. The summed E-state index contributed by atoms with van der Waals surface area (Å²) in [6, 6.07) is -0.539. The molecular formula is C23H38BrN2O4-. The number of rotatable bonds is 5. The van der Waals surface area contributed by atoms with Crippen molar-refractivity contribution in [1.29, 1.82) is 0 Å². The highest BCUT2D eigenvalue weighted by atomic mass is 79.9. The standard InChI is InChI=1S/C23H38BrN2O4/c1-14(2)29-21(27)20(30-22(5,6)7)17-15(3)26(28)16(4)18(24)19(17)25-12-10-23(8,9)11-13-25/h14-15,20H,10-13H2,1-9H3/q-1/t15?,20-/m0/s1. The van der Waals surface area contributed by atoms with Crippen molar-refractivity contribution in [3.63, 3.8) is 0 Å². The zero-order valence-corrected chi connectivity index (χ0v) is 21.6. The molecule has 1 saturated heterocycles. The quantitative estimate of drug-likeness (QED) is 0.490. The van der Waals surface area contributed by atoms with Crippen LogP contribution in [0.5, 0.6) is 0 Å².